The van der Waals surface area contributed by atoms with Gasteiger partial charge in [0.2, 0.25) is 0 Å². The standard InChI is InChI=1S/C50H33N3.C44H31N3.C44H29N3/c1-4-14-34(15-5-1)36-18-12-20-38(28-36)41-30-42(39-21-13-19-37(29-39)35-16-6-2-7-17-35)32-43(31-41)40-26-27-48-45(33-40)49-50(53(48)44-22-8-3-9-23-44)52-47-25-11-10-24-46(47)51-49;2*1-4-12-30(13-5-1)32-20-22-33(23-21-32)36-26-35(31-14-6-2-7-15-31)27-37(28-36)34-24-25-40-41(29-34)45-43-39-18-10-11-19-42(39)47(44(43)46-40)38-16-8-3-9-17-38/h1-33H;1-8,10-16,18-29H,9,17H2;1-29H/i;3D,8D,9D,16D,17D;. The van der Waals surface area contributed by atoms with E-state index in [1.165, 1.54) is 77.9 Å². The second-order valence-corrected chi connectivity index (χ2v) is 37.0. The third-order valence-electron chi connectivity index (χ3n) is 27.9. The average molecular weight is 1880 g/mol. The highest BCUT2D eigenvalue weighted by Gasteiger charge is 2.24. The molecule has 0 radical (unpaired) electrons. The number of para-hydroxylation sites is 6. The van der Waals surface area contributed by atoms with Crippen LogP contribution in [0.15, 0.2) is 540 Å². The largest absolute Gasteiger partial charge is 0.296 e. The molecule has 2 atom stereocenters. The minimum Gasteiger partial charge on any atom is -0.296 e. The molecular weight excluding hydrogens is 1780 g/mol. The number of aromatic nitrogens is 9. The minimum absolute atomic E-state index is 0.166. The first-order valence-electron chi connectivity index (χ1n) is 52.2. The monoisotopic (exact) mass is 1880 g/mol. The maximum atomic E-state index is 8.84. The number of fused-ring (bicyclic) bond motifs is 12. The molecule has 1 aliphatic carbocycles. The fourth-order valence-electron chi connectivity index (χ4n) is 20.6. The third kappa shape index (κ3) is 17.3. The van der Waals surface area contributed by atoms with Crippen LogP contribution in [0.1, 0.15) is 19.6 Å². The molecule has 2 unspecified atom stereocenters. The summed E-state index contributed by atoms with van der Waals surface area (Å²) >= 11 is 0. The van der Waals surface area contributed by atoms with Gasteiger partial charge in [-0.3, -0.25) is 13.7 Å². The molecule has 0 saturated heterocycles. The van der Waals surface area contributed by atoms with Crippen molar-refractivity contribution in [2.75, 3.05) is 0 Å². The van der Waals surface area contributed by atoms with Crippen LogP contribution in [0.5, 0.6) is 0 Å². The summed E-state index contributed by atoms with van der Waals surface area (Å²) < 4.78 is 48.7. The van der Waals surface area contributed by atoms with Gasteiger partial charge in [-0.2, -0.15) is 0 Å². The van der Waals surface area contributed by atoms with Crippen LogP contribution in [0, 0.1) is 0 Å². The van der Waals surface area contributed by atoms with E-state index in [0.29, 0.717) is 27.7 Å². The lowest BCUT2D eigenvalue weighted by molar-refractivity contribution is 0.972. The molecule has 690 valence electrons. The molecule has 0 amide bonds. The molecule has 0 spiro atoms. The van der Waals surface area contributed by atoms with Crippen molar-refractivity contribution < 1.29 is 6.85 Å². The molecule has 27 aromatic rings. The molecule has 21 aromatic carbocycles. The zero-order chi connectivity index (χ0) is 102. The number of allylic oxidation sites excluding steroid dienone is 4. The fraction of sp³-hybridized carbons (Fsp3) is 0.0145. The highest BCUT2D eigenvalue weighted by Crippen LogP contribution is 2.45. The maximum absolute atomic E-state index is 8.84. The molecule has 28 rings (SSSR count). The van der Waals surface area contributed by atoms with E-state index < -0.39 is 12.8 Å². The van der Waals surface area contributed by atoms with Gasteiger partial charge in [0.25, 0.3) is 0 Å². The first kappa shape index (κ1) is 82.3. The van der Waals surface area contributed by atoms with Gasteiger partial charge in [-0.15, -0.1) is 0 Å². The van der Waals surface area contributed by atoms with Crippen LogP contribution in [0.3, 0.4) is 0 Å². The number of rotatable bonds is 16. The Balaban J connectivity index is 0.000000115. The highest BCUT2D eigenvalue weighted by atomic mass is 15.1. The van der Waals surface area contributed by atoms with Crippen molar-refractivity contribution in [3.05, 3.63) is 540 Å². The van der Waals surface area contributed by atoms with Gasteiger partial charge in [-0.25, -0.2) is 29.9 Å². The van der Waals surface area contributed by atoms with Gasteiger partial charge in [0.1, 0.15) is 16.6 Å². The fourth-order valence-corrected chi connectivity index (χ4v) is 20.6. The molecule has 147 heavy (non-hydrogen) atoms. The van der Waals surface area contributed by atoms with Crippen LogP contribution in [-0.2, 0) is 0 Å². The number of benzene rings is 21. The van der Waals surface area contributed by atoms with Crippen LogP contribution in [0.4, 0.5) is 0 Å². The highest BCUT2D eigenvalue weighted by molar-refractivity contribution is 6.12. The normalized spacial score (nSPS) is 13.6. The summed E-state index contributed by atoms with van der Waals surface area (Å²) in [6, 6.07) is 182. The molecule has 0 fully saturated rings. The van der Waals surface area contributed by atoms with Crippen molar-refractivity contribution in [1.29, 1.82) is 0 Å². The second kappa shape index (κ2) is 38.5. The van der Waals surface area contributed by atoms with Crippen molar-refractivity contribution in [3.8, 4) is 156 Å². The van der Waals surface area contributed by atoms with Gasteiger partial charge in [0.15, 0.2) is 16.9 Å². The molecule has 9 heteroatoms. The van der Waals surface area contributed by atoms with Crippen LogP contribution >= 0.6 is 0 Å². The van der Waals surface area contributed by atoms with Gasteiger partial charge in [-0.05, 0) is 315 Å². The summed E-state index contributed by atoms with van der Waals surface area (Å²) in [7, 11) is 0. The zero-order valence-corrected chi connectivity index (χ0v) is 79.8. The quantitative estimate of drug-likeness (QED) is 0.0957. The summed E-state index contributed by atoms with van der Waals surface area (Å²) in [5.74, 6) is 0. The van der Waals surface area contributed by atoms with E-state index in [0.717, 1.165) is 150 Å². The van der Waals surface area contributed by atoms with E-state index in [9.17, 15) is 0 Å². The van der Waals surface area contributed by atoms with Crippen LogP contribution in [0.25, 0.3) is 261 Å². The summed E-state index contributed by atoms with van der Waals surface area (Å²) in [6.07, 6.45) is -2.50. The van der Waals surface area contributed by atoms with E-state index >= 15 is 0 Å². The van der Waals surface area contributed by atoms with Crippen molar-refractivity contribution in [1.82, 2.24) is 43.6 Å². The number of hydrogen-bond acceptors (Lipinski definition) is 6. The van der Waals surface area contributed by atoms with Crippen LogP contribution in [-0.4, -0.2) is 43.6 Å². The minimum atomic E-state index is -1.28. The first-order chi connectivity index (χ1) is 74.9. The Bertz CT molecular complexity index is 9930. The third-order valence-corrected chi connectivity index (χ3v) is 27.9. The summed E-state index contributed by atoms with van der Waals surface area (Å²) in [6.45, 7) is 0. The Labute approximate surface area is 858 Å². The summed E-state index contributed by atoms with van der Waals surface area (Å²) in [4.78, 5) is 31.0. The van der Waals surface area contributed by atoms with Gasteiger partial charge in [0.05, 0.1) is 53.8 Å². The molecule has 6 aromatic heterocycles. The van der Waals surface area contributed by atoms with Gasteiger partial charge < -0.3 is 0 Å². The van der Waals surface area contributed by atoms with Crippen molar-refractivity contribution in [3.63, 3.8) is 0 Å². The molecule has 0 N–H and O–H groups in total. The van der Waals surface area contributed by atoms with Crippen molar-refractivity contribution in [2.24, 2.45) is 0 Å². The molecule has 1 aliphatic rings. The predicted octanol–water partition coefficient (Wildman–Crippen LogP) is 36.1. The summed E-state index contributed by atoms with van der Waals surface area (Å²) in [5, 5.41) is 2.97. The summed E-state index contributed by atoms with van der Waals surface area (Å²) in [5.41, 5.74) is 44.6. The second-order valence-electron chi connectivity index (χ2n) is 37.0. The maximum Gasteiger partial charge on any atom is 0.165 e. The smallest absolute Gasteiger partial charge is 0.165 e. The van der Waals surface area contributed by atoms with E-state index in [4.69, 9.17) is 36.8 Å². The molecular formula is C138H93N9. The Hall–Kier alpha value is -19.5. The van der Waals surface area contributed by atoms with Gasteiger partial charge >= 0.3 is 0 Å². The SMILES string of the molecule is [2H]C1=C([2H])C([2H])C([2H])C(n2c3ccccc3c3nc4cc(-c5cc(-c6ccccc6)cc(-c6ccc(-c7ccccc7)cc6)c5)ccc4nc32)=C1[2H].c1ccc(-c2ccc(-c3cc(-c4ccccc4)cc(-c4ccc5nc6c(nc5c4)c4ccccc4n6-c4ccccc4)c3)cc2)cc1.c1ccc(-c2cccc(-c3cc(-c4cccc(-c5ccccc5)c4)cc(-c4ccc5c(c4)c4nc6ccccc6nc4n5-c4ccccc4)c3)c2)cc1. The molecule has 9 nitrogen and oxygen atoms in total. The van der Waals surface area contributed by atoms with Gasteiger partial charge in [0, 0.05) is 36.0 Å². The van der Waals surface area contributed by atoms with E-state index in [2.05, 4.69) is 446 Å². The molecule has 0 bridgehead atoms. The van der Waals surface area contributed by atoms with E-state index in [1.807, 2.05) is 84.9 Å². The van der Waals surface area contributed by atoms with Crippen LogP contribution in [0.2, 0.25) is 0 Å². The molecule has 0 saturated carbocycles. The molecule has 0 aliphatic heterocycles. The predicted molar refractivity (Wildman–Crippen MR) is 614 cm³/mol. The van der Waals surface area contributed by atoms with E-state index in [-0.39, 0.29) is 23.9 Å². The lowest BCUT2D eigenvalue weighted by Gasteiger charge is -2.14. The van der Waals surface area contributed by atoms with Crippen molar-refractivity contribution >= 4 is 105 Å². The van der Waals surface area contributed by atoms with E-state index in [1.54, 1.807) is 4.57 Å². The lowest BCUT2D eigenvalue weighted by atomic mass is 9.91. The van der Waals surface area contributed by atoms with Crippen molar-refractivity contribution in [2.45, 2.75) is 12.8 Å². The first-order valence-corrected chi connectivity index (χ1v) is 49.6. The topological polar surface area (TPSA) is 92.1 Å². The van der Waals surface area contributed by atoms with Crippen LogP contribution < -0.4 is 0 Å². The number of nitrogens with zero attached hydrogens (tertiary/aromatic N) is 9. The Morgan fingerprint density at radius 2 is 0.415 bits per heavy atom. The Morgan fingerprint density at radius 1 is 0.177 bits per heavy atom. The number of hydrogen-bond donors (Lipinski definition) is 0. The molecule has 6 heterocycles. The average Bonchev–Trinajstić information content (AvgIpc) is 1.56. The Kier molecular flexibility index (Phi) is 21.6. The zero-order valence-electron chi connectivity index (χ0n) is 84.8. The van der Waals surface area contributed by atoms with Gasteiger partial charge in [-0.1, -0.05) is 382 Å². The Morgan fingerprint density at radius 3 is 0.810 bits per heavy atom. The lowest BCUT2D eigenvalue weighted by Crippen LogP contribution is -2.00.